The van der Waals surface area contributed by atoms with Crippen LogP contribution in [0.25, 0.3) is 0 Å². The van der Waals surface area contributed by atoms with Crippen LogP contribution in [0.15, 0.2) is 29.2 Å². The fourth-order valence-electron chi connectivity index (χ4n) is 2.94. The van der Waals surface area contributed by atoms with Crippen molar-refractivity contribution in [3.05, 3.63) is 29.3 Å². The van der Waals surface area contributed by atoms with Crippen LogP contribution in [0.1, 0.15) is 39.5 Å². The van der Waals surface area contributed by atoms with Gasteiger partial charge in [0.25, 0.3) is 0 Å². The van der Waals surface area contributed by atoms with Gasteiger partial charge < -0.3 is 10.4 Å². The number of sulfone groups is 1. The van der Waals surface area contributed by atoms with Crippen LogP contribution in [0.4, 0.5) is 0 Å². The van der Waals surface area contributed by atoms with Gasteiger partial charge in [-0.2, -0.15) is 0 Å². The molecule has 0 heterocycles. The van der Waals surface area contributed by atoms with Crippen LogP contribution in [0.5, 0.6) is 0 Å². The molecule has 0 radical (unpaired) electrons. The summed E-state index contributed by atoms with van der Waals surface area (Å²) in [6, 6.07) is 5.74. The van der Waals surface area contributed by atoms with Gasteiger partial charge in [0.05, 0.1) is 10.3 Å². The summed E-state index contributed by atoms with van der Waals surface area (Å²) in [7, 11) is -3.92. The number of carboxylic acids is 1. The molecule has 1 aromatic carbocycles. The van der Waals surface area contributed by atoms with Gasteiger partial charge >= 0.3 is 5.97 Å². The summed E-state index contributed by atoms with van der Waals surface area (Å²) in [6.45, 7) is 2.81. The molecule has 25 heavy (non-hydrogen) atoms. The first-order chi connectivity index (χ1) is 11.5. The van der Waals surface area contributed by atoms with E-state index < -0.39 is 31.9 Å². The van der Waals surface area contributed by atoms with Crippen LogP contribution in [0.3, 0.4) is 0 Å². The van der Waals surface area contributed by atoms with Gasteiger partial charge in [-0.25, -0.2) is 8.42 Å². The minimum atomic E-state index is -3.92. The highest BCUT2D eigenvalue weighted by molar-refractivity contribution is 7.93. The molecule has 1 amide bonds. The molecule has 0 aliphatic heterocycles. The number of carboxylic acid groups (broad SMARTS) is 1. The molecular weight excluding hydrogens is 366 g/mol. The summed E-state index contributed by atoms with van der Waals surface area (Å²) in [4.78, 5) is 24.1. The summed E-state index contributed by atoms with van der Waals surface area (Å²) in [5, 5.41) is 12.1. The van der Waals surface area contributed by atoms with Crippen LogP contribution in [0.2, 0.25) is 5.02 Å². The first kappa shape index (κ1) is 19.7. The molecule has 0 bridgehead atoms. The molecule has 8 heteroatoms. The Bertz CT molecular complexity index is 765. The Hall–Kier alpha value is -1.60. The van der Waals surface area contributed by atoms with Crippen LogP contribution < -0.4 is 5.32 Å². The highest BCUT2D eigenvalue weighted by Crippen LogP contribution is 2.41. The molecule has 0 atom stereocenters. The van der Waals surface area contributed by atoms with E-state index in [1.165, 1.54) is 38.1 Å². The van der Waals surface area contributed by atoms with E-state index in [1.54, 1.807) is 0 Å². The molecule has 2 rings (SSSR count). The zero-order chi connectivity index (χ0) is 18.9. The zero-order valence-corrected chi connectivity index (χ0v) is 15.8. The predicted molar refractivity (Wildman–Crippen MR) is 94.3 cm³/mol. The minimum Gasteiger partial charge on any atom is -0.481 e. The summed E-state index contributed by atoms with van der Waals surface area (Å²) < 4.78 is 24.7. The molecule has 1 aliphatic carbocycles. The maximum Gasteiger partial charge on any atom is 0.310 e. The molecular formula is C17H22ClNO5S. The van der Waals surface area contributed by atoms with E-state index in [-0.39, 0.29) is 24.3 Å². The number of nitrogens with one attached hydrogen (secondary N) is 1. The average molecular weight is 388 g/mol. The molecule has 1 aliphatic rings. The Morgan fingerprint density at radius 1 is 1.20 bits per heavy atom. The number of carbonyl (C=O) groups excluding carboxylic acids is 1. The van der Waals surface area contributed by atoms with Crippen molar-refractivity contribution < 1.29 is 23.1 Å². The van der Waals surface area contributed by atoms with Gasteiger partial charge in [0, 0.05) is 11.6 Å². The van der Waals surface area contributed by atoms with E-state index in [2.05, 4.69) is 5.32 Å². The number of halogens is 1. The molecule has 2 N–H and O–H groups in total. The number of hydrogen-bond donors (Lipinski definition) is 2. The van der Waals surface area contributed by atoms with E-state index in [1.807, 2.05) is 0 Å². The molecule has 1 aromatic rings. The zero-order valence-electron chi connectivity index (χ0n) is 14.2. The van der Waals surface area contributed by atoms with E-state index in [0.717, 1.165) is 0 Å². The van der Waals surface area contributed by atoms with Gasteiger partial charge in [-0.1, -0.05) is 24.4 Å². The van der Waals surface area contributed by atoms with Crippen molar-refractivity contribution in [3.63, 3.8) is 0 Å². The third kappa shape index (κ3) is 3.67. The van der Waals surface area contributed by atoms with E-state index >= 15 is 0 Å². The van der Waals surface area contributed by atoms with E-state index in [4.69, 9.17) is 16.7 Å². The summed E-state index contributed by atoms with van der Waals surface area (Å²) >= 11 is 5.82. The highest BCUT2D eigenvalue weighted by atomic mass is 35.5. The fourth-order valence-corrected chi connectivity index (χ4v) is 5.16. The molecule has 1 saturated carbocycles. The Labute approximate surface area is 152 Å². The van der Waals surface area contributed by atoms with Gasteiger partial charge in [0.2, 0.25) is 5.91 Å². The van der Waals surface area contributed by atoms with E-state index in [0.29, 0.717) is 17.9 Å². The lowest BCUT2D eigenvalue weighted by Crippen LogP contribution is -2.53. The van der Waals surface area contributed by atoms with Crippen molar-refractivity contribution in [1.82, 2.24) is 5.32 Å². The monoisotopic (exact) mass is 387 g/mol. The topological polar surface area (TPSA) is 101 Å². The first-order valence-electron chi connectivity index (χ1n) is 8.05. The quantitative estimate of drug-likeness (QED) is 0.781. The smallest absolute Gasteiger partial charge is 0.310 e. The van der Waals surface area contributed by atoms with Gasteiger partial charge in [-0.15, -0.1) is 0 Å². The van der Waals surface area contributed by atoms with Crippen LogP contribution in [-0.2, 0) is 19.4 Å². The van der Waals surface area contributed by atoms with Crippen LogP contribution in [0, 0.1) is 5.41 Å². The SMILES string of the molecule is CC(C)(CNC(=O)C1(S(=O)(=O)c2ccc(Cl)cc2)CCCC1)C(=O)O. The number of aliphatic carboxylic acids is 1. The highest BCUT2D eigenvalue weighted by Gasteiger charge is 2.53. The number of amides is 1. The number of benzene rings is 1. The van der Waals surface area contributed by atoms with Gasteiger partial charge in [0.1, 0.15) is 0 Å². The van der Waals surface area contributed by atoms with Crippen molar-refractivity contribution >= 4 is 33.3 Å². The summed E-state index contributed by atoms with van der Waals surface area (Å²) in [6.07, 6.45) is 1.69. The predicted octanol–water partition coefficient (Wildman–Crippen LogP) is 2.65. The number of carbonyl (C=O) groups is 2. The van der Waals surface area contributed by atoms with Crippen molar-refractivity contribution in [2.24, 2.45) is 5.41 Å². The van der Waals surface area contributed by atoms with E-state index in [9.17, 15) is 18.0 Å². The molecule has 0 aromatic heterocycles. The molecule has 6 nitrogen and oxygen atoms in total. The second-order valence-corrected chi connectivity index (χ2v) is 9.73. The third-order valence-electron chi connectivity index (χ3n) is 4.73. The largest absolute Gasteiger partial charge is 0.481 e. The first-order valence-corrected chi connectivity index (χ1v) is 9.91. The van der Waals surface area contributed by atoms with Crippen molar-refractivity contribution in [2.75, 3.05) is 6.54 Å². The fraction of sp³-hybridized carbons (Fsp3) is 0.529. The van der Waals surface area contributed by atoms with Gasteiger partial charge in [0.15, 0.2) is 14.6 Å². The van der Waals surface area contributed by atoms with Crippen LogP contribution >= 0.6 is 11.6 Å². The van der Waals surface area contributed by atoms with Crippen molar-refractivity contribution in [2.45, 2.75) is 49.2 Å². The lowest BCUT2D eigenvalue weighted by molar-refractivity contribution is -0.146. The van der Waals surface area contributed by atoms with Crippen molar-refractivity contribution in [3.8, 4) is 0 Å². The minimum absolute atomic E-state index is 0.0476. The molecule has 138 valence electrons. The second kappa shape index (κ2) is 6.96. The second-order valence-electron chi connectivity index (χ2n) is 7.03. The summed E-state index contributed by atoms with van der Waals surface area (Å²) in [5.41, 5.74) is -1.18. The molecule has 1 fully saturated rings. The number of hydrogen-bond acceptors (Lipinski definition) is 4. The average Bonchev–Trinajstić information content (AvgIpc) is 3.04. The normalized spacial score (nSPS) is 17.2. The van der Waals surface area contributed by atoms with Gasteiger partial charge in [-0.05, 0) is 51.0 Å². The third-order valence-corrected chi connectivity index (χ3v) is 7.50. The lowest BCUT2D eigenvalue weighted by Gasteiger charge is -2.29. The molecule has 0 spiro atoms. The maximum atomic E-state index is 13.1. The number of rotatable bonds is 6. The maximum absolute atomic E-state index is 13.1. The molecule has 0 saturated heterocycles. The Morgan fingerprint density at radius 3 is 2.20 bits per heavy atom. The van der Waals surface area contributed by atoms with Gasteiger partial charge in [-0.3, -0.25) is 9.59 Å². The lowest BCUT2D eigenvalue weighted by atomic mass is 9.93. The Balaban J connectivity index is 2.33. The molecule has 0 unspecified atom stereocenters. The standard InChI is InChI=1S/C17H22ClNO5S/c1-16(2,15(21)22)11-19-14(20)17(9-3-4-10-17)25(23,24)13-7-5-12(18)6-8-13/h5-8H,3-4,9-11H2,1-2H3,(H,19,20)(H,21,22). The Kier molecular flexibility index (Phi) is 5.49. The Morgan fingerprint density at radius 2 is 1.72 bits per heavy atom. The van der Waals surface area contributed by atoms with Crippen LogP contribution in [-0.4, -0.2) is 36.7 Å². The van der Waals surface area contributed by atoms with Crippen molar-refractivity contribution in [1.29, 1.82) is 0 Å². The summed E-state index contributed by atoms with van der Waals surface area (Å²) in [5.74, 6) is -1.69.